The van der Waals surface area contributed by atoms with E-state index in [1.807, 2.05) is 24.3 Å². The summed E-state index contributed by atoms with van der Waals surface area (Å²) in [6.07, 6.45) is 0.890. The van der Waals surface area contributed by atoms with E-state index in [0.717, 1.165) is 24.0 Å². The smallest absolute Gasteiger partial charge is 0.273 e. The van der Waals surface area contributed by atoms with E-state index in [9.17, 15) is 4.79 Å². The molecular weight excluding hydrogens is 362 g/mol. The fraction of sp³-hybridized carbons (Fsp3) is 0.267. The number of halogens is 1. The van der Waals surface area contributed by atoms with Crippen LogP contribution in [0.4, 0.5) is 0 Å². The molecule has 0 atom stereocenters. The van der Waals surface area contributed by atoms with Crippen LogP contribution >= 0.6 is 15.9 Å². The molecule has 7 nitrogen and oxygen atoms in total. The van der Waals surface area contributed by atoms with Crippen molar-refractivity contribution >= 4 is 32.9 Å². The van der Waals surface area contributed by atoms with E-state index in [4.69, 9.17) is 4.74 Å². The van der Waals surface area contributed by atoms with Crippen molar-refractivity contribution in [3.63, 3.8) is 0 Å². The summed E-state index contributed by atoms with van der Waals surface area (Å²) >= 11 is 3.40. The van der Waals surface area contributed by atoms with Crippen LogP contribution in [0.5, 0.6) is 5.88 Å². The topological polar surface area (TPSA) is 84.8 Å². The number of amides is 1. The number of H-pyrrole nitrogens is 1. The molecule has 4 rings (SSSR count). The second kappa shape index (κ2) is 5.69. The van der Waals surface area contributed by atoms with Crippen molar-refractivity contribution in [1.82, 2.24) is 25.1 Å². The molecule has 0 spiro atoms. The Hall–Kier alpha value is -2.35. The number of ether oxygens (including phenoxy) is 1. The second-order valence-electron chi connectivity index (χ2n) is 5.28. The fourth-order valence-electron chi connectivity index (χ4n) is 2.58. The normalized spacial score (nSPS) is 13.6. The standard InChI is InChI=1S/C15H14BrN5O2/c16-12-13(20-21-6-3-7-23-15(12)21)14(22)17-8-11-18-9-4-1-2-5-10(9)19-11/h1-2,4-5H,3,6-8H2,(H,17,22)(H,18,19). The highest BCUT2D eigenvalue weighted by atomic mass is 79.9. The fourth-order valence-corrected chi connectivity index (χ4v) is 3.16. The molecule has 8 heteroatoms. The largest absolute Gasteiger partial charge is 0.477 e. The van der Waals surface area contributed by atoms with Gasteiger partial charge in [-0.2, -0.15) is 5.10 Å². The van der Waals surface area contributed by atoms with E-state index >= 15 is 0 Å². The average molecular weight is 376 g/mol. The Bertz CT molecular complexity index is 852. The molecule has 0 bridgehead atoms. The van der Waals surface area contributed by atoms with Gasteiger partial charge in [0.2, 0.25) is 5.88 Å². The molecule has 23 heavy (non-hydrogen) atoms. The first kappa shape index (κ1) is 14.3. The number of hydrogen-bond donors (Lipinski definition) is 2. The molecule has 3 aromatic rings. The van der Waals surface area contributed by atoms with Crippen molar-refractivity contribution in [3.05, 3.63) is 40.3 Å². The first-order valence-corrected chi connectivity index (χ1v) is 8.12. The number of nitrogens with one attached hydrogen (secondary N) is 2. The van der Waals surface area contributed by atoms with Crippen LogP contribution in [0.2, 0.25) is 0 Å². The first-order valence-electron chi connectivity index (χ1n) is 7.33. The zero-order valence-corrected chi connectivity index (χ0v) is 13.8. The second-order valence-corrected chi connectivity index (χ2v) is 6.07. The van der Waals surface area contributed by atoms with Gasteiger partial charge >= 0.3 is 0 Å². The summed E-state index contributed by atoms with van der Waals surface area (Å²) in [6.45, 7) is 1.71. The summed E-state index contributed by atoms with van der Waals surface area (Å²) in [4.78, 5) is 20.0. The molecule has 0 radical (unpaired) electrons. The van der Waals surface area contributed by atoms with E-state index < -0.39 is 0 Å². The minimum atomic E-state index is -0.261. The number of fused-ring (bicyclic) bond motifs is 2. The van der Waals surface area contributed by atoms with Crippen molar-refractivity contribution in [3.8, 4) is 5.88 Å². The van der Waals surface area contributed by atoms with Crippen LogP contribution in [0.3, 0.4) is 0 Å². The van der Waals surface area contributed by atoms with Crippen molar-refractivity contribution in [2.24, 2.45) is 0 Å². The third-order valence-corrected chi connectivity index (χ3v) is 4.39. The van der Waals surface area contributed by atoms with Crippen LogP contribution in [0.15, 0.2) is 28.7 Å². The van der Waals surface area contributed by atoms with Crippen molar-refractivity contribution in [2.75, 3.05) is 6.61 Å². The van der Waals surface area contributed by atoms with Gasteiger partial charge in [0.1, 0.15) is 10.3 Å². The SMILES string of the molecule is O=C(NCc1nc2ccccc2[nH]1)c1nn2c(c1Br)OCCC2. The van der Waals surface area contributed by atoms with Gasteiger partial charge in [-0.25, -0.2) is 9.67 Å². The molecule has 0 unspecified atom stereocenters. The minimum Gasteiger partial charge on any atom is -0.477 e. The Balaban J connectivity index is 1.50. The van der Waals surface area contributed by atoms with Gasteiger partial charge < -0.3 is 15.0 Å². The van der Waals surface area contributed by atoms with E-state index in [0.29, 0.717) is 35.0 Å². The number of rotatable bonds is 3. The molecule has 3 heterocycles. The molecule has 118 valence electrons. The maximum Gasteiger partial charge on any atom is 0.273 e. The van der Waals surface area contributed by atoms with Gasteiger partial charge in [-0.05, 0) is 28.1 Å². The Morgan fingerprint density at radius 3 is 3.13 bits per heavy atom. The Morgan fingerprint density at radius 2 is 2.30 bits per heavy atom. The average Bonchev–Trinajstić information content (AvgIpc) is 3.14. The van der Waals surface area contributed by atoms with Gasteiger partial charge in [-0.15, -0.1) is 0 Å². The van der Waals surface area contributed by atoms with Gasteiger partial charge in [-0.1, -0.05) is 12.1 Å². The van der Waals surface area contributed by atoms with Crippen LogP contribution in [0, 0.1) is 0 Å². The van der Waals surface area contributed by atoms with Crippen molar-refractivity contribution < 1.29 is 9.53 Å². The van der Waals surface area contributed by atoms with Gasteiger partial charge in [0.15, 0.2) is 5.69 Å². The third kappa shape index (κ3) is 2.59. The highest BCUT2D eigenvalue weighted by molar-refractivity contribution is 9.10. The maximum absolute atomic E-state index is 12.4. The number of carbonyl (C=O) groups excluding carboxylic acids is 1. The molecular formula is C15H14BrN5O2. The minimum absolute atomic E-state index is 0.261. The molecule has 0 fully saturated rings. The summed E-state index contributed by atoms with van der Waals surface area (Å²) in [5.74, 6) is 1.06. The monoisotopic (exact) mass is 375 g/mol. The van der Waals surface area contributed by atoms with Gasteiger partial charge in [0.05, 0.1) is 24.2 Å². The van der Waals surface area contributed by atoms with E-state index in [1.54, 1.807) is 4.68 Å². The molecule has 1 amide bonds. The highest BCUT2D eigenvalue weighted by Gasteiger charge is 2.24. The Kier molecular flexibility index (Phi) is 3.53. The van der Waals surface area contributed by atoms with E-state index in [2.05, 4.69) is 36.3 Å². The lowest BCUT2D eigenvalue weighted by atomic mass is 10.3. The number of aromatic amines is 1. The van der Waals surface area contributed by atoms with Crippen LogP contribution in [0.1, 0.15) is 22.7 Å². The molecule has 2 aromatic heterocycles. The molecule has 0 aliphatic carbocycles. The number of nitrogens with zero attached hydrogens (tertiary/aromatic N) is 3. The Labute approximate surface area is 140 Å². The lowest BCUT2D eigenvalue weighted by molar-refractivity contribution is 0.0943. The summed E-state index contributed by atoms with van der Waals surface area (Å²) in [7, 11) is 0. The molecule has 0 saturated carbocycles. The lowest BCUT2D eigenvalue weighted by Gasteiger charge is -2.14. The van der Waals surface area contributed by atoms with Crippen LogP contribution in [-0.2, 0) is 13.1 Å². The third-order valence-electron chi connectivity index (χ3n) is 3.67. The molecule has 2 N–H and O–H groups in total. The number of carbonyl (C=O) groups is 1. The van der Waals surface area contributed by atoms with Crippen LogP contribution in [0.25, 0.3) is 11.0 Å². The number of aromatic nitrogens is 4. The number of imidazole rings is 1. The molecule has 1 aromatic carbocycles. The van der Waals surface area contributed by atoms with Crippen molar-refractivity contribution in [2.45, 2.75) is 19.5 Å². The molecule has 1 aliphatic rings. The van der Waals surface area contributed by atoms with Crippen LogP contribution < -0.4 is 10.1 Å². The predicted molar refractivity (Wildman–Crippen MR) is 87.3 cm³/mol. The van der Waals surface area contributed by atoms with Gasteiger partial charge in [0, 0.05) is 13.0 Å². The molecule has 0 saturated heterocycles. The Morgan fingerprint density at radius 1 is 1.43 bits per heavy atom. The van der Waals surface area contributed by atoms with Crippen molar-refractivity contribution in [1.29, 1.82) is 0 Å². The quantitative estimate of drug-likeness (QED) is 0.734. The van der Waals surface area contributed by atoms with Gasteiger partial charge in [0.25, 0.3) is 5.91 Å². The lowest BCUT2D eigenvalue weighted by Crippen LogP contribution is -2.24. The maximum atomic E-state index is 12.4. The summed E-state index contributed by atoms with van der Waals surface area (Å²) in [5, 5.41) is 7.14. The predicted octanol–water partition coefficient (Wildman–Crippen LogP) is 2.23. The van der Waals surface area contributed by atoms with Gasteiger partial charge in [-0.3, -0.25) is 4.79 Å². The highest BCUT2D eigenvalue weighted by Crippen LogP contribution is 2.31. The first-order chi connectivity index (χ1) is 11.2. The van der Waals surface area contributed by atoms with E-state index in [-0.39, 0.29) is 5.91 Å². The number of hydrogen-bond acceptors (Lipinski definition) is 4. The number of aryl methyl sites for hydroxylation is 1. The zero-order valence-electron chi connectivity index (χ0n) is 12.2. The summed E-state index contributed by atoms with van der Waals surface area (Å²) in [5.41, 5.74) is 2.16. The van der Waals surface area contributed by atoms with E-state index in [1.165, 1.54) is 0 Å². The molecule has 1 aliphatic heterocycles. The summed E-state index contributed by atoms with van der Waals surface area (Å²) in [6, 6.07) is 7.74. The number of para-hydroxylation sites is 2. The number of benzene rings is 1. The van der Waals surface area contributed by atoms with Crippen LogP contribution in [-0.4, -0.2) is 32.3 Å². The zero-order chi connectivity index (χ0) is 15.8. The summed E-state index contributed by atoms with van der Waals surface area (Å²) < 4.78 is 7.85.